The van der Waals surface area contributed by atoms with Crippen LogP contribution in [0.4, 0.5) is 0 Å². The van der Waals surface area contributed by atoms with Crippen molar-refractivity contribution in [2.75, 3.05) is 0 Å². The Labute approximate surface area is 173 Å². The quantitative estimate of drug-likeness (QED) is 0.465. The Morgan fingerprint density at radius 2 is 1.82 bits per heavy atom. The molecule has 1 atom stereocenters. The van der Waals surface area contributed by atoms with E-state index in [1.54, 1.807) is 17.5 Å². The molecular weight excluding hydrogens is 393 g/mol. The molecule has 0 amide bonds. The number of benzene rings is 2. The zero-order valence-electron chi connectivity index (χ0n) is 15.8. The van der Waals surface area contributed by atoms with Crippen molar-refractivity contribution >= 4 is 41.3 Å². The molecule has 2 aromatic carbocycles. The molecule has 4 rings (SSSR count). The fourth-order valence-electron chi connectivity index (χ4n) is 2.94. The number of thiazole rings is 1. The van der Waals surface area contributed by atoms with Gasteiger partial charge in [0, 0.05) is 21.5 Å². The van der Waals surface area contributed by atoms with Crippen molar-refractivity contribution < 1.29 is 14.1 Å². The van der Waals surface area contributed by atoms with Gasteiger partial charge < -0.3 is 9.31 Å². The minimum Gasteiger partial charge on any atom is -0.402 e. The Morgan fingerprint density at radius 3 is 2.43 bits per heavy atom. The highest BCUT2D eigenvalue weighted by Gasteiger charge is 2.43. The summed E-state index contributed by atoms with van der Waals surface area (Å²) in [7, 11) is -0.412. The third kappa shape index (κ3) is 3.78. The van der Waals surface area contributed by atoms with Crippen molar-refractivity contribution in [3.05, 3.63) is 70.2 Å². The maximum absolute atomic E-state index is 12.8. The lowest BCUT2D eigenvalue weighted by atomic mass is 9.79. The maximum atomic E-state index is 12.8. The topological polar surface area (TPSA) is 48.4 Å². The molecular formula is C21H19BClNO3S. The van der Waals surface area contributed by atoms with E-state index in [2.05, 4.69) is 4.98 Å². The first-order valence-electron chi connectivity index (χ1n) is 9.03. The van der Waals surface area contributed by atoms with Crippen LogP contribution in [0.15, 0.2) is 53.9 Å². The predicted octanol–water partition coefficient (Wildman–Crippen LogP) is 4.60. The molecule has 2 heterocycles. The lowest BCUT2D eigenvalue weighted by Gasteiger charge is -2.21. The van der Waals surface area contributed by atoms with E-state index in [1.165, 1.54) is 11.3 Å². The van der Waals surface area contributed by atoms with Gasteiger partial charge in [-0.15, -0.1) is 11.3 Å². The third-order valence-corrected chi connectivity index (χ3v) is 6.13. The van der Waals surface area contributed by atoms with Gasteiger partial charge in [0.1, 0.15) is 10.7 Å². The van der Waals surface area contributed by atoms with E-state index in [4.69, 9.17) is 20.9 Å². The number of ketones is 1. The maximum Gasteiger partial charge on any atom is 0.494 e. The Hall–Kier alpha value is -1.99. The summed E-state index contributed by atoms with van der Waals surface area (Å²) in [6.45, 7) is 6.02. The fraction of sp³-hybridized carbons (Fsp3) is 0.238. The van der Waals surface area contributed by atoms with Crippen LogP contribution >= 0.6 is 22.9 Å². The van der Waals surface area contributed by atoms with Crippen LogP contribution in [-0.4, -0.2) is 29.6 Å². The molecule has 1 aliphatic rings. The molecule has 0 radical (unpaired) electrons. The van der Waals surface area contributed by atoms with Crippen molar-refractivity contribution in [1.29, 1.82) is 0 Å². The van der Waals surface area contributed by atoms with E-state index in [0.29, 0.717) is 16.3 Å². The Kier molecular flexibility index (Phi) is 5.14. The van der Waals surface area contributed by atoms with Crippen molar-refractivity contribution in [2.24, 2.45) is 0 Å². The second kappa shape index (κ2) is 7.45. The summed E-state index contributed by atoms with van der Waals surface area (Å²) in [5.74, 6) is -0.107. The van der Waals surface area contributed by atoms with Crippen molar-refractivity contribution in [3.8, 4) is 10.6 Å². The molecule has 1 unspecified atom stereocenters. The monoisotopic (exact) mass is 411 g/mol. The summed E-state index contributed by atoms with van der Waals surface area (Å²) in [5, 5.41) is 3.25. The summed E-state index contributed by atoms with van der Waals surface area (Å²) in [6, 6.07) is 14.8. The smallest absolute Gasteiger partial charge is 0.402 e. The van der Waals surface area contributed by atoms with Crippen LogP contribution in [0.2, 0.25) is 5.02 Å². The van der Waals surface area contributed by atoms with Crippen LogP contribution in [-0.2, 0) is 9.31 Å². The van der Waals surface area contributed by atoms with Gasteiger partial charge in [-0.05, 0) is 38.4 Å². The molecule has 0 spiro atoms. The number of halogens is 1. The van der Waals surface area contributed by atoms with Gasteiger partial charge >= 0.3 is 7.12 Å². The highest BCUT2D eigenvalue weighted by Crippen LogP contribution is 2.28. The first-order valence-corrected chi connectivity index (χ1v) is 10.3. The van der Waals surface area contributed by atoms with Crippen molar-refractivity contribution in [1.82, 2.24) is 4.98 Å². The summed E-state index contributed by atoms with van der Waals surface area (Å²) in [6.07, 6.45) is 0.0000960. The summed E-state index contributed by atoms with van der Waals surface area (Å²) >= 11 is 7.37. The number of aromatic nitrogens is 1. The van der Waals surface area contributed by atoms with Gasteiger partial charge in [0.15, 0.2) is 0 Å². The molecule has 28 heavy (non-hydrogen) atoms. The molecule has 0 aliphatic carbocycles. The fourth-order valence-corrected chi connectivity index (χ4v) is 3.87. The average molecular weight is 412 g/mol. The standard InChI is InChI=1S/C21H19BClNO3S/c1-13-21(2,3)27-22(26-13)16-8-4-14(5-9-16)19(25)18-12-28-20(24-18)15-6-10-17(23)11-7-15/h4-13H,1-3H3. The van der Waals surface area contributed by atoms with E-state index in [9.17, 15) is 4.79 Å². The first-order chi connectivity index (χ1) is 13.3. The Bertz CT molecular complexity index is 1000. The Balaban J connectivity index is 1.51. The minimum absolute atomic E-state index is 0.0000960. The molecule has 4 nitrogen and oxygen atoms in total. The lowest BCUT2D eigenvalue weighted by Crippen LogP contribution is -2.34. The van der Waals surface area contributed by atoms with Crippen LogP contribution in [0.25, 0.3) is 10.6 Å². The number of rotatable bonds is 4. The Morgan fingerprint density at radius 1 is 1.14 bits per heavy atom. The van der Waals surface area contributed by atoms with Gasteiger partial charge in [-0.1, -0.05) is 48.0 Å². The summed E-state index contributed by atoms with van der Waals surface area (Å²) < 4.78 is 11.8. The molecule has 1 aliphatic heterocycles. The highest BCUT2D eigenvalue weighted by atomic mass is 35.5. The molecule has 142 valence electrons. The molecule has 0 bridgehead atoms. The zero-order valence-corrected chi connectivity index (χ0v) is 17.4. The van der Waals surface area contributed by atoms with Crippen LogP contribution in [0, 0.1) is 0 Å². The van der Waals surface area contributed by atoms with Crippen LogP contribution in [0.1, 0.15) is 36.8 Å². The van der Waals surface area contributed by atoms with Gasteiger partial charge in [0.05, 0.1) is 11.7 Å². The van der Waals surface area contributed by atoms with Gasteiger partial charge in [-0.25, -0.2) is 4.98 Å². The van der Waals surface area contributed by atoms with E-state index in [1.807, 2.05) is 57.2 Å². The van der Waals surface area contributed by atoms with E-state index in [-0.39, 0.29) is 17.5 Å². The van der Waals surface area contributed by atoms with E-state index in [0.717, 1.165) is 16.0 Å². The second-order valence-corrected chi connectivity index (χ2v) is 8.62. The van der Waals surface area contributed by atoms with Crippen molar-refractivity contribution in [3.63, 3.8) is 0 Å². The van der Waals surface area contributed by atoms with Crippen LogP contribution in [0.3, 0.4) is 0 Å². The molecule has 1 fully saturated rings. The predicted molar refractivity (Wildman–Crippen MR) is 114 cm³/mol. The molecule has 1 aromatic heterocycles. The average Bonchev–Trinajstić information content (AvgIpc) is 3.27. The number of carbonyl (C=O) groups is 1. The third-order valence-electron chi connectivity index (χ3n) is 4.99. The zero-order chi connectivity index (χ0) is 19.9. The number of carbonyl (C=O) groups excluding carboxylic acids is 1. The van der Waals surface area contributed by atoms with Crippen LogP contribution < -0.4 is 5.46 Å². The number of nitrogens with zero attached hydrogens (tertiary/aromatic N) is 1. The van der Waals surface area contributed by atoms with Crippen molar-refractivity contribution in [2.45, 2.75) is 32.5 Å². The van der Waals surface area contributed by atoms with Crippen LogP contribution in [0.5, 0.6) is 0 Å². The summed E-state index contributed by atoms with van der Waals surface area (Å²) in [4.78, 5) is 17.3. The number of hydrogen-bond donors (Lipinski definition) is 0. The molecule has 0 saturated carbocycles. The lowest BCUT2D eigenvalue weighted by molar-refractivity contribution is 0.0842. The molecule has 7 heteroatoms. The largest absolute Gasteiger partial charge is 0.494 e. The van der Waals surface area contributed by atoms with E-state index >= 15 is 0 Å². The molecule has 1 saturated heterocycles. The molecule has 0 N–H and O–H groups in total. The first kappa shape index (κ1) is 19.3. The highest BCUT2D eigenvalue weighted by molar-refractivity contribution is 7.13. The summed E-state index contributed by atoms with van der Waals surface area (Å²) in [5.41, 5.74) is 2.52. The SMILES string of the molecule is CC1OB(c2ccc(C(=O)c3csc(-c4ccc(Cl)cc4)n3)cc2)OC1(C)C. The second-order valence-electron chi connectivity index (χ2n) is 7.33. The van der Waals surface area contributed by atoms with Gasteiger partial charge in [0.25, 0.3) is 0 Å². The van der Waals surface area contributed by atoms with Gasteiger partial charge in [-0.3, -0.25) is 4.79 Å². The molecule has 3 aromatic rings. The van der Waals surface area contributed by atoms with E-state index < -0.39 is 7.12 Å². The minimum atomic E-state index is -0.412. The van der Waals surface area contributed by atoms with Gasteiger partial charge in [-0.2, -0.15) is 0 Å². The number of hydrogen-bond acceptors (Lipinski definition) is 5. The normalized spacial score (nSPS) is 18.4. The van der Waals surface area contributed by atoms with Gasteiger partial charge in [0.2, 0.25) is 5.78 Å².